The van der Waals surface area contributed by atoms with Crippen molar-refractivity contribution in [2.45, 2.75) is 11.4 Å². The number of benzene rings is 1. The summed E-state index contributed by atoms with van der Waals surface area (Å²) in [6.45, 7) is 0.398. The normalized spacial score (nSPS) is 10.2. The Hall–Kier alpha value is -1.04. The molecule has 3 nitrogen and oxygen atoms in total. The third-order valence-corrected chi connectivity index (χ3v) is 3.35. The van der Waals surface area contributed by atoms with Crippen molar-refractivity contribution in [1.29, 1.82) is 0 Å². The second-order valence-electron chi connectivity index (χ2n) is 3.33. The highest BCUT2D eigenvalue weighted by Crippen LogP contribution is 2.19. The molecule has 1 heterocycles. The number of carbonyl (C=O) groups excluding carboxylic acids is 1. The molecule has 17 heavy (non-hydrogen) atoms. The number of carbonyl (C=O) groups is 1. The van der Waals surface area contributed by atoms with Crippen LogP contribution in [0.5, 0.6) is 0 Å². The van der Waals surface area contributed by atoms with E-state index in [1.165, 1.54) is 11.3 Å². The number of amides is 1. The fraction of sp³-hybridized carbons (Fsp3) is 0.0909. The van der Waals surface area contributed by atoms with Gasteiger partial charge in [0.05, 0.1) is 28.3 Å². The lowest BCUT2D eigenvalue weighted by atomic mass is 10.2. The van der Waals surface area contributed by atoms with Gasteiger partial charge >= 0.3 is 0 Å². The summed E-state index contributed by atoms with van der Waals surface area (Å²) in [7, 11) is 0. The summed E-state index contributed by atoms with van der Waals surface area (Å²) in [6.07, 6.45) is 0. The number of thiazole rings is 1. The van der Waals surface area contributed by atoms with Crippen LogP contribution in [0.2, 0.25) is 5.02 Å². The number of nitrogens with zero attached hydrogens (tertiary/aromatic N) is 1. The van der Waals surface area contributed by atoms with E-state index < -0.39 is 0 Å². The molecule has 88 valence electrons. The lowest BCUT2D eigenvalue weighted by Gasteiger charge is -2.06. The molecular formula is C11H9ClN2OS2. The summed E-state index contributed by atoms with van der Waals surface area (Å²) >= 11 is 11.6. The predicted octanol–water partition coefficient (Wildman–Crippen LogP) is 3.02. The molecule has 0 aliphatic rings. The van der Waals surface area contributed by atoms with Crippen LogP contribution in [0.3, 0.4) is 0 Å². The summed E-state index contributed by atoms with van der Waals surface area (Å²) in [5.74, 6) is -0.223. The van der Waals surface area contributed by atoms with Crippen LogP contribution in [0.25, 0.3) is 0 Å². The SMILES string of the molecule is O=C(NCc1cscn1)c1cc(S)ccc1Cl. The van der Waals surface area contributed by atoms with E-state index in [0.717, 1.165) is 5.69 Å². The fourth-order valence-corrected chi connectivity index (χ4v) is 2.24. The molecule has 0 spiro atoms. The van der Waals surface area contributed by atoms with Crippen LogP contribution in [-0.4, -0.2) is 10.9 Å². The van der Waals surface area contributed by atoms with Gasteiger partial charge in [-0.1, -0.05) is 11.6 Å². The first-order valence-corrected chi connectivity index (χ1v) is 6.57. The number of rotatable bonds is 3. The first kappa shape index (κ1) is 12.4. The van der Waals surface area contributed by atoms with Crippen molar-refractivity contribution in [3.05, 3.63) is 45.4 Å². The van der Waals surface area contributed by atoms with Gasteiger partial charge in [0, 0.05) is 10.3 Å². The monoisotopic (exact) mass is 284 g/mol. The first-order valence-electron chi connectivity index (χ1n) is 4.80. The minimum absolute atomic E-state index is 0.223. The molecule has 2 aromatic rings. The number of aromatic nitrogens is 1. The van der Waals surface area contributed by atoms with E-state index in [1.807, 2.05) is 5.38 Å². The molecule has 0 saturated heterocycles. The Kier molecular flexibility index (Phi) is 4.04. The highest BCUT2D eigenvalue weighted by Gasteiger charge is 2.10. The molecule has 0 fully saturated rings. The Morgan fingerprint density at radius 2 is 2.35 bits per heavy atom. The number of nitrogens with one attached hydrogen (secondary N) is 1. The molecule has 1 aromatic carbocycles. The van der Waals surface area contributed by atoms with Crippen LogP contribution in [0.15, 0.2) is 34.0 Å². The van der Waals surface area contributed by atoms with Crippen LogP contribution in [0, 0.1) is 0 Å². The summed E-state index contributed by atoms with van der Waals surface area (Å²) in [5.41, 5.74) is 2.99. The highest BCUT2D eigenvalue weighted by atomic mass is 35.5. The smallest absolute Gasteiger partial charge is 0.253 e. The molecule has 0 aliphatic heterocycles. The summed E-state index contributed by atoms with van der Waals surface area (Å²) in [6, 6.07) is 5.03. The molecule has 2 rings (SSSR count). The maximum Gasteiger partial charge on any atom is 0.253 e. The molecule has 6 heteroatoms. The predicted molar refractivity (Wildman–Crippen MR) is 72.0 cm³/mol. The maximum atomic E-state index is 11.9. The van der Waals surface area contributed by atoms with E-state index in [0.29, 0.717) is 22.0 Å². The van der Waals surface area contributed by atoms with Gasteiger partial charge in [0.25, 0.3) is 5.91 Å². The Morgan fingerprint density at radius 3 is 3.06 bits per heavy atom. The van der Waals surface area contributed by atoms with Gasteiger partial charge in [-0.25, -0.2) is 4.98 Å². The van der Waals surface area contributed by atoms with Crippen LogP contribution < -0.4 is 5.32 Å². The second-order valence-corrected chi connectivity index (χ2v) is 4.97. The molecule has 1 amide bonds. The van der Waals surface area contributed by atoms with E-state index in [9.17, 15) is 4.79 Å². The van der Waals surface area contributed by atoms with Gasteiger partial charge in [0.15, 0.2) is 0 Å². The molecule has 0 aliphatic carbocycles. The summed E-state index contributed by atoms with van der Waals surface area (Å²) in [5, 5.41) is 5.06. The standard InChI is InChI=1S/C11H9ClN2OS2/c12-10-2-1-8(16)3-9(10)11(15)13-4-7-5-17-6-14-7/h1-3,5-6,16H,4H2,(H,13,15). The Labute approximate surface area is 113 Å². The van der Waals surface area contributed by atoms with Gasteiger partial charge < -0.3 is 5.32 Å². The topological polar surface area (TPSA) is 42.0 Å². The van der Waals surface area contributed by atoms with E-state index in [4.69, 9.17) is 11.6 Å². The molecule has 0 saturated carbocycles. The van der Waals surface area contributed by atoms with Crippen molar-refractivity contribution in [2.75, 3.05) is 0 Å². The highest BCUT2D eigenvalue weighted by molar-refractivity contribution is 7.80. The van der Waals surface area contributed by atoms with E-state index in [-0.39, 0.29) is 5.91 Å². The van der Waals surface area contributed by atoms with Gasteiger partial charge in [-0.3, -0.25) is 4.79 Å². The van der Waals surface area contributed by atoms with E-state index in [1.54, 1.807) is 23.7 Å². The first-order chi connectivity index (χ1) is 8.16. The average Bonchev–Trinajstić information content (AvgIpc) is 2.82. The van der Waals surface area contributed by atoms with Crippen molar-refractivity contribution in [3.63, 3.8) is 0 Å². The fourth-order valence-electron chi connectivity index (χ4n) is 1.28. The Morgan fingerprint density at radius 1 is 1.53 bits per heavy atom. The Balaban J connectivity index is 2.07. The maximum absolute atomic E-state index is 11.9. The zero-order valence-electron chi connectivity index (χ0n) is 8.68. The van der Waals surface area contributed by atoms with Gasteiger partial charge in [0.1, 0.15) is 0 Å². The Bertz CT molecular complexity index is 528. The van der Waals surface area contributed by atoms with E-state index in [2.05, 4.69) is 22.9 Å². The largest absolute Gasteiger partial charge is 0.346 e. The van der Waals surface area contributed by atoms with E-state index >= 15 is 0 Å². The van der Waals surface area contributed by atoms with Crippen LogP contribution in [0.1, 0.15) is 16.1 Å². The lowest BCUT2D eigenvalue weighted by Crippen LogP contribution is -2.23. The quantitative estimate of drug-likeness (QED) is 0.851. The molecule has 1 N–H and O–H groups in total. The zero-order valence-corrected chi connectivity index (χ0v) is 11.1. The van der Waals surface area contributed by atoms with Crippen LogP contribution >= 0.6 is 35.6 Å². The molecule has 0 unspecified atom stereocenters. The van der Waals surface area contributed by atoms with Crippen LogP contribution in [-0.2, 0) is 6.54 Å². The third-order valence-electron chi connectivity index (χ3n) is 2.11. The van der Waals surface area contributed by atoms with Crippen LogP contribution in [0.4, 0.5) is 0 Å². The minimum Gasteiger partial charge on any atom is -0.346 e. The zero-order chi connectivity index (χ0) is 12.3. The van der Waals surface area contributed by atoms with Crippen molar-refractivity contribution >= 4 is 41.5 Å². The molecule has 0 bridgehead atoms. The second kappa shape index (κ2) is 5.53. The van der Waals surface area contributed by atoms with Gasteiger partial charge in [-0.2, -0.15) is 0 Å². The van der Waals surface area contributed by atoms with Crippen molar-refractivity contribution in [2.24, 2.45) is 0 Å². The average molecular weight is 285 g/mol. The lowest BCUT2D eigenvalue weighted by molar-refractivity contribution is 0.0950. The third kappa shape index (κ3) is 3.21. The summed E-state index contributed by atoms with van der Waals surface area (Å²) < 4.78 is 0. The summed E-state index contributed by atoms with van der Waals surface area (Å²) in [4.78, 5) is 16.6. The molecule has 0 atom stereocenters. The molecule has 0 radical (unpaired) electrons. The van der Waals surface area contributed by atoms with Crippen molar-refractivity contribution in [3.8, 4) is 0 Å². The van der Waals surface area contributed by atoms with Crippen molar-refractivity contribution in [1.82, 2.24) is 10.3 Å². The number of hydrogen-bond acceptors (Lipinski definition) is 4. The molecule has 1 aromatic heterocycles. The minimum atomic E-state index is -0.223. The van der Waals surface area contributed by atoms with Gasteiger partial charge in [-0.05, 0) is 18.2 Å². The van der Waals surface area contributed by atoms with Gasteiger partial charge in [-0.15, -0.1) is 24.0 Å². The van der Waals surface area contributed by atoms with Gasteiger partial charge in [0.2, 0.25) is 0 Å². The molecular weight excluding hydrogens is 276 g/mol. The van der Waals surface area contributed by atoms with Crippen molar-refractivity contribution < 1.29 is 4.79 Å². The number of hydrogen-bond donors (Lipinski definition) is 2. The number of thiol groups is 1. The number of halogens is 1.